The number of halogens is 3. The number of aromatic nitrogens is 2. The molecule has 2 aromatic carbocycles. The molecule has 1 aliphatic heterocycles. The fourth-order valence-electron chi connectivity index (χ4n) is 4.62. The minimum atomic E-state index is -4.35. The fraction of sp³-hybridized carbons (Fsp3) is 0.250. The Kier molecular flexibility index (Phi) is 7.07. The molecule has 1 saturated heterocycles. The number of pyridine rings is 1. The van der Waals surface area contributed by atoms with Crippen molar-refractivity contribution in [1.82, 2.24) is 9.97 Å². The Balaban J connectivity index is 1.19. The lowest BCUT2D eigenvalue weighted by Gasteiger charge is -2.33. The monoisotopic (exact) mass is 538 g/mol. The minimum absolute atomic E-state index is 0.0619. The van der Waals surface area contributed by atoms with E-state index in [9.17, 15) is 23.1 Å². The van der Waals surface area contributed by atoms with Gasteiger partial charge in [-0.3, -0.25) is 10.1 Å². The number of piperidine rings is 1. The highest BCUT2D eigenvalue weighted by molar-refractivity contribution is 7.16. The van der Waals surface area contributed by atoms with Crippen molar-refractivity contribution >= 4 is 28.2 Å². The largest absolute Gasteiger partial charge is 0.508 e. The van der Waals surface area contributed by atoms with Gasteiger partial charge >= 0.3 is 6.18 Å². The first-order chi connectivity index (χ1) is 18.2. The number of benzene rings is 2. The first-order valence-electron chi connectivity index (χ1n) is 12.1. The number of phenolic OH excluding ortho intramolecular Hbond substituents is 1. The van der Waals surface area contributed by atoms with Crippen molar-refractivity contribution in [2.75, 3.05) is 23.3 Å². The standard InChI is InChI=1S/C28H25F3N4O2S/c1-17-25(19-5-8-23(36)9-6-19)33-27(38-17)34-26(37)21-7-10-24(32-16-21)35-13-11-18(12-14-35)20-3-2-4-22(15-20)28(29,30)31/h2-10,15-16,18,36H,11-14H2,1H3,(H,33,34,37). The molecule has 38 heavy (non-hydrogen) atoms. The summed E-state index contributed by atoms with van der Waals surface area (Å²) in [5.41, 5.74) is 2.08. The summed E-state index contributed by atoms with van der Waals surface area (Å²) in [4.78, 5) is 24.8. The molecule has 0 atom stereocenters. The summed E-state index contributed by atoms with van der Waals surface area (Å²) in [6, 6.07) is 15.8. The van der Waals surface area contributed by atoms with Gasteiger partial charge in [0.1, 0.15) is 11.6 Å². The van der Waals surface area contributed by atoms with E-state index in [4.69, 9.17) is 0 Å². The van der Waals surface area contributed by atoms with Crippen molar-refractivity contribution in [3.05, 3.63) is 88.4 Å². The summed E-state index contributed by atoms with van der Waals surface area (Å²) < 4.78 is 39.2. The average Bonchev–Trinajstić information content (AvgIpc) is 3.28. The van der Waals surface area contributed by atoms with Crippen LogP contribution < -0.4 is 10.2 Å². The van der Waals surface area contributed by atoms with Crippen molar-refractivity contribution in [3.8, 4) is 17.0 Å². The average molecular weight is 539 g/mol. The van der Waals surface area contributed by atoms with Gasteiger partial charge in [-0.1, -0.05) is 18.2 Å². The van der Waals surface area contributed by atoms with E-state index in [2.05, 4.69) is 20.2 Å². The molecule has 2 aromatic heterocycles. The van der Waals surface area contributed by atoms with E-state index in [1.54, 1.807) is 42.5 Å². The van der Waals surface area contributed by atoms with E-state index in [0.29, 0.717) is 29.3 Å². The lowest BCUT2D eigenvalue weighted by Crippen LogP contribution is -2.33. The van der Waals surface area contributed by atoms with Gasteiger partial charge in [-0.05, 0) is 73.7 Å². The number of hydrogen-bond acceptors (Lipinski definition) is 6. The zero-order chi connectivity index (χ0) is 26.9. The van der Waals surface area contributed by atoms with E-state index in [1.165, 1.54) is 29.7 Å². The number of aryl methyl sites for hydroxylation is 1. The molecule has 10 heteroatoms. The molecule has 2 N–H and O–H groups in total. The lowest BCUT2D eigenvalue weighted by atomic mass is 9.88. The number of aromatic hydroxyl groups is 1. The summed E-state index contributed by atoms with van der Waals surface area (Å²) in [7, 11) is 0. The smallest absolute Gasteiger partial charge is 0.416 e. The first kappa shape index (κ1) is 25.7. The van der Waals surface area contributed by atoms with Gasteiger partial charge < -0.3 is 10.0 Å². The van der Waals surface area contributed by atoms with Crippen LogP contribution in [0.2, 0.25) is 0 Å². The van der Waals surface area contributed by atoms with Gasteiger partial charge in [-0.15, -0.1) is 11.3 Å². The summed E-state index contributed by atoms with van der Waals surface area (Å²) in [6.07, 6.45) is -1.39. The summed E-state index contributed by atoms with van der Waals surface area (Å²) in [6.45, 7) is 3.25. The molecule has 0 aliphatic carbocycles. The molecule has 3 heterocycles. The molecular formula is C28H25F3N4O2S. The minimum Gasteiger partial charge on any atom is -0.508 e. The van der Waals surface area contributed by atoms with Gasteiger partial charge in [0.25, 0.3) is 5.91 Å². The zero-order valence-electron chi connectivity index (χ0n) is 20.5. The van der Waals surface area contributed by atoms with Crippen molar-refractivity contribution < 1.29 is 23.1 Å². The number of amides is 1. The normalized spacial score (nSPS) is 14.5. The van der Waals surface area contributed by atoms with Gasteiger partial charge in [-0.2, -0.15) is 13.2 Å². The zero-order valence-corrected chi connectivity index (χ0v) is 21.3. The molecule has 1 amide bonds. The number of carbonyl (C=O) groups excluding carboxylic acids is 1. The molecule has 0 saturated carbocycles. The van der Waals surface area contributed by atoms with Crippen LogP contribution in [-0.4, -0.2) is 34.1 Å². The predicted molar refractivity (Wildman–Crippen MR) is 142 cm³/mol. The van der Waals surface area contributed by atoms with Gasteiger partial charge in [-0.25, -0.2) is 9.97 Å². The van der Waals surface area contributed by atoms with Crippen LogP contribution in [0.25, 0.3) is 11.3 Å². The van der Waals surface area contributed by atoms with Gasteiger partial charge in [0.05, 0.1) is 16.8 Å². The summed E-state index contributed by atoms with van der Waals surface area (Å²) >= 11 is 1.37. The Morgan fingerprint density at radius 1 is 1.08 bits per heavy atom. The van der Waals surface area contributed by atoms with Crippen LogP contribution in [-0.2, 0) is 6.18 Å². The van der Waals surface area contributed by atoms with Crippen molar-refractivity contribution in [2.45, 2.75) is 31.9 Å². The number of thiazole rings is 1. The molecule has 0 spiro atoms. The van der Waals surface area contributed by atoms with E-state index in [0.717, 1.165) is 40.9 Å². The van der Waals surface area contributed by atoms with Crippen LogP contribution in [0.3, 0.4) is 0 Å². The number of hydrogen-bond donors (Lipinski definition) is 2. The van der Waals surface area contributed by atoms with E-state index in [-0.39, 0.29) is 17.6 Å². The SMILES string of the molecule is Cc1sc(NC(=O)c2ccc(N3CCC(c4cccc(C(F)(F)F)c4)CC3)nc2)nc1-c1ccc(O)cc1. The molecular weight excluding hydrogens is 513 g/mol. The maximum Gasteiger partial charge on any atom is 0.416 e. The summed E-state index contributed by atoms with van der Waals surface area (Å²) in [5.74, 6) is 0.639. The van der Waals surface area contributed by atoms with Crippen LogP contribution in [0.15, 0.2) is 66.9 Å². The summed E-state index contributed by atoms with van der Waals surface area (Å²) in [5, 5.41) is 12.8. The second kappa shape index (κ2) is 10.4. The van der Waals surface area contributed by atoms with E-state index < -0.39 is 11.7 Å². The number of nitrogens with zero attached hydrogens (tertiary/aromatic N) is 3. The number of rotatable bonds is 5. The third-order valence-electron chi connectivity index (χ3n) is 6.67. The van der Waals surface area contributed by atoms with Crippen LogP contribution >= 0.6 is 11.3 Å². The second-order valence-corrected chi connectivity index (χ2v) is 10.4. The topological polar surface area (TPSA) is 78.4 Å². The molecule has 0 radical (unpaired) electrons. The lowest BCUT2D eigenvalue weighted by molar-refractivity contribution is -0.137. The Bertz CT molecular complexity index is 1430. The third kappa shape index (κ3) is 5.65. The van der Waals surface area contributed by atoms with Crippen LogP contribution in [0.5, 0.6) is 5.75 Å². The maximum atomic E-state index is 13.1. The second-order valence-electron chi connectivity index (χ2n) is 9.21. The number of alkyl halides is 3. The molecule has 196 valence electrons. The molecule has 0 unspecified atom stereocenters. The van der Waals surface area contributed by atoms with E-state index in [1.807, 2.05) is 6.92 Å². The van der Waals surface area contributed by atoms with Gasteiger partial charge in [0.2, 0.25) is 0 Å². The number of nitrogens with one attached hydrogen (secondary N) is 1. The molecule has 1 aliphatic rings. The predicted octanol–water partition coefficient (Wildman–Crippen LogP) is 6.87. The highest BCUT2D eigenvalue weighted by Crippen LogP contribution is 2.35. The van der Waals surface area contributed by atoms with Crippen LogP contribution in [0.4, 0.5) is 24.1 Å². The Morgan fingerprint density at radius 3 is 2.47 bits per heavy atom. The Morgan fingerprint density at radius 2 is 1.82 bits per heavy atom. The highest BCUT2D eigenvalue weighted by Gasteiger charge is 2.31. The molecule has 1 fully saturated rings. The third-order valence-corrected chi connectivity index (χ3v) is 7.56. The van der Waals surface area contributed by atoms with Gasteiger partial charge in [0.15, 0.2) is 5.13 Å². The number of phenols is 1. The number of anilines is 2. The van der Waals surface area contributed by atoms with Crippen molar-refractivity contribution in [3.63, 3.8) is 0 Å². The van der Waals surface area contributed by atoms with Crippen LogP contribution in [0, 0.1) is 6.92 Å². The highest BCUT2D eigenvalue weighted by atomic mass is 32.1. The molecule has 5 rings (SSSR count). The quantitative estimate of drug-likeness (QED) is 0.290. The van der Waals surface area contributed by atoms with Crippen LogP contribution in [0.1, 0.15) is 45.1 Å². The number of carbonyl (C=O) groups is 1. The molecule has 0 bridgehead atoms. The van der Waals surface area contributed by atoms with E-state index >= 15 is 0 Å². The van der Waals surface area contributed by atoms with Gasteiger partial charge in [0, 0.05) is 29.7 Å². The fourth-order valence-corrected chi connectivity index (χ4v) is 5.46. The first-order valence-corrected chi connectivity index (χ1v) is 13.0. The van der Waals surface area contributed by atoms with Crippen molar-refractivity contribution in [1.29, 1.82) is 0 Å². The molecule has 6 nitrogen and oxygen atoms in total. The maximum absolute atomic E-state index is 13.1. The Hall–Kier alpha value is -3.92. The molecule has 4 aromatic rings. The van der Waals surface area contributed by atoms with Crippen molar-refractivity contribution in [2.24, 2.45) is 0 Å². The Labute approximate surface area is 221 Å².